The van der Waals surface area contributed by atoms with Gasteiger partial charge >= 0.3 is 5.92 Å². The quantitative estimate of drug-likeness (QED) is 0.399. The number of carbonyl (C=O) groups is 1. The van der Waals surface area contributed by atoms with Gasteiger partial charge in [-0.15, -0.1) is 0 Å². The summed E-state index contributed by atoms with van der Waals surface area (Å²) in [6.07, 6.45) is 2.58. The minimum Gasteiger partial charge on any atom is -0.475 e. The molecule has 6 nitrogen and oxygen atoms in total. The summed E-state index contributed by atoms with van der Waals surface area (Å²) in [5.74, 6) is -4.59. The van der Waals surface area contributed by atoms with Crippen molar-refractivity contribution in [1.29, 1.82) is 0 Å². The van der Waals surface area contributed by atoms with Crippen molar-refractivity contribution in [3.63, 3.8) is 0 Å². The lowest BCUT2D eigenvalue weighted by Crippen LogP contribution is -2.60. The van der Waals surface area contributed by atoms with Gasteiger partial charge in [-0.3, -0.25) is 9.69 Å². The van der Waals surface area contributed by atoms with E-state index < -0.39 is 30.0 Å². The number of halogens is 2. The van der Waals surface area contributed by atoms with Gasteiger partial charge in [-0.2, -0.15) is 8.78 Å². The Bertz CT molecular complexity index is 1210. The van der Waals surface area contributed by atoms with Gasteiger partial charge < -0.3 is 15.2 Å². The molecule has 1 amide bonds. The predicted octanol–water partition coefficient (Wildman–Crippen LogP) is 5.04. The fourth-order valence-electron chi connectivity index (χ4n) is 4.89. The second kappa shape index (κ2) is 11.1. The van der Waals surface area contributed by atoms with Crippen molar-refractivity contribution in [2.45, 2.75) is 70.2 Å². The van der Waals surface area contributed by atoms with Crippen LogP contribution in [0.5, 0.6) is 5.88 Å². The molecule has 1 aliphatic rings. The van der Waals surface area contributed by atoms with E-state index in [0.717, 1.165) is 29.2 Å². The average molecular weight is 512 g/mol. The number of carbonyl (C=O) groups excluding carboxylic acids is 1. The van der Waals surface area contributed by atoms with Gasteiger partial charge in [-0.1, -0.05) is 42.5 Å². The maximum Gasteiger partial charge on any atom is 0.324 e. The van der Waals surface area contributed by atoms with Gasteiger partial charge in [0.2, 0.25) is 5.88 Å². The number of aromatic nitrogens is 1. The van der Waals surface area contributed by atoms with Gasteiger partial charge in [0, 0.05) is 37.3 Å². The van der Waals surface area contributed by atoms with E-state index in [1.807, 2.05) is 61.2 Å². The molecule has 2 heterocycles. The van der Waals surface area contributed by atoms with Crippen LogP contribution in [0.4, 0.5) is 8.78 Å². The van der Waals surface area contributed by atoms with Gasteiger partial charge in [0.05, 0.1) is 12.1 Å². The van der Waals surface area contributed by atoms with E-state index in [0.29, 0.717) is 24.5 Å². The number of nitrogens with one attached hydrogen (secondary N) is 1. The highest BCUT2D eigenvalue weighted by atomic mass is 19.3. The number of amides is 1. The summed E-state index contributed by atoms with van der Waals surface area (Å²) >= 11 is 0. The number of benzene rings is 2. The number of rotatable bonds is 10. The molecule has 8 heteroatoms. The van der Waals surface area contributed by atoms with Gasteiger partial charge in [-0.25, -0.2) is 4.98 Å². The molecule has 0 radical (unpaired) electrons. The number of aryl methyl sites for hydroxylation is 1. The molecular formula is C29H35F2N3O3. The number of nitrogens with zero attached hydrogens (tertiary/aromatic N) is 2. The number of likely N-dealkylation sites (tertiary alicyclic amines) is 1. The molecule has 0 aliphatic carbocycles. The maximum absolute atomic E-state index is 15.0. The summed E-state index contributed by atoms with van der Waals surface area (Å²) < 4.78 is 35.6. The van der Waals surface area contributed by atoms with Crippen LogP contribution in [0.25, 0.3) is 10.8 Å². The summed E-state index contributed by atoms with van der Waals surface area (Å²) in [4.78, 5) is 18.8. The number of ether oxygens (including phenoxy) is 1. The molecule has 37 heavy (non-hydrogen) atoms. The van der Waals surface area contributed by atoms with Crippen LogP contribution >= 0.6 is 0 Å². The van der Waals surface area contributed by atoms with E-state index in [9.17, 15) is 18.7 Å². The Balaban J connectivity index is 1.47. The Morgan fingerprint density at radius 3 is 2.43 bits per heavy atom. The fourth-order valence-corrected chi connectivity index (χ4v) is 4.89. The largest absolute Gasteiger partial charge is 0.475 e. The van der Waals surface area contributed by atoms with E-state index in [1.165, 1.54) is 6.20 Å². The van der Waals surface area contributed by atoms with Crippen LogP contribution in [-0.2, 0) is 16.9 Å². The van der Waals surface area contributed by atoms with Crippen LogP contribution in [0.1, 0.15) is 51.2 Å². The summed E-state index contributed by atoms with van der Waals surface area (Å²) in [7, 11) is 0. The second-order valence-corrected chi connectivity index (χ2v) is 10.1. The topological polar surface area (TPSA) is 74.7 Å². The first-order chi connectivity index (χ1) is 17.6. The summed E-state index contributed by atoms with van der Waals surface area (Å²) in [5, 5.41) is 16.2. The smallest absolute Gasteiger partial charge is 0.324 e. The monoisotopic (exact) mass is 511 g/mol. The normalized spacial score (nSPS) is 17.1. The van der Waals surface area contributed by atoms with Crippen molar-refractivity contribution >= 4 is 16.7 Å². The average Bonchev–Trinajstić information content (AvgIpc) is 3.42. The highest BCUT2D eigenvalue weighted by Crippen LogP contribution is 2.34. The number of pyridine rings is 1. The fraction of sp³-hybridized carbons (Fsp3) is 0.448. The molecule has 2 atom stereocenters. The third kappa shape index (κ3) is 6.08. The molecule has 3 aromatic rings. The van der Waals surface area contributed by atoms with Gasteiger partial charge in [0.15, 0.2) is 5.72 Å². The van der Waals surface area contributed by atoms with Crippen LogP contribution in [0.2, 0.25) is 0 Å². The van der Waals surface area contributed by atoms with Crippen LogP contribution in [0.15, 0.2) is 60.8 Å². The predicted molar refractivity (Wildman–Crippen MR) is 140 cm³/mol. The Hall–Kier alpha value is -3.10. The molecular weight excluding hydrogens is 476 g/mol. The van der Waals surface area contributed by atoms with Crippen LogP contribution in [0, 0.1) is 0 Å². The van der Waals surface area contributed by atoms with E-state index in [1.54, 1.807) is 19.1 Å². The van der Waals surface area contributed by atoms with Crippen molar-refractivity contribution in [2.24, 2.45) is 0 Å². The molecule has 2 aromatic carbocycles. The van der Waals surface area contributed by atoms with Gasteiger partial charge in [0.1, 0.15) is 0 Å². The second-order valence-electron chi connectivity index (χ2n) is 10.1. The zero-order chi connectivity index (χ0) is 26.6. The van der Waals surface area contributed by atoms with E-state index in [4.69, 9.17) is 4.74 Å². The lowest BCUT2D eigenvalue weighted by Gasteiger charge is -2.42. The highest BCUT2D eigenvalue weighted by Gasteiger charge is 2.47. The lowest BCUT2D eigenvalue weighted by molar-refractivity contribution is -0.159. The van der Waals surface area contributed by atoms with Gasteiger partial charge in [0.25, 0.3) is 5.91 Å². The number of fused-ring (bicyclic) bond motifs is 1. The Labute approximate surface area is 216 Å². The van der Waals surface area contributed by atoms with E-state index in [-0.39, 0.29) is 12.5 Å². The van der Waals surface area contributed by atoms with Crippen LogP contribution < -0.4 is 10.1 Å². The minimum atomic E-state index is -3.60. The molecule has 2 N–H and O–H groups in total. The van der Waals surface area contributed by atoms with Crippen LogP contribution in [0.3, 0.4) is 0 Å². The number of alkyl halides is 2. The Kier molecular flexibility index (Phi) is 8.09. The molecule has 0 saturated carbocycles. The van der Waals surface area contributed by atoms with Crippen LogP contribution in [-0.4, -0.2) is 52.1 Å². The first-order valence-corrected chi connectivity index (χ1v) is 12.9. The Morgan fingerprint density at radius 1 is 1.08 bits per heavy atom. The molecule has 198 valence electrons. The first-order valence-electron chi connectivity index (χ1n) is 12.9. The molecule has 1 fully saturated rings. The van der Waals surface area contributed by atoms with Gasteiger partial charge in [-0.05, 0) is 62.4 Å². The van der Waals surface area contributed by atoms with Crippen molar-refractivity contribution in [3.05, 3.63) is 71.9 Å². The first kappa shape index (κ1) is 26.9. The lowest BCUT2D eigenvalue weighted by atomic mass is 9.94. The van der Waals surface area contributed by atoms with Crippen molar-refractivity contribution in [2.75, 3.05) is 13.1 Å². The number of hydrogen-bond acceptors (Lipinski definition) is 5. The molecule has 0 spiro atoms. The zero-order valence-corrected chi connectivity index (χ0v) is 21.6. The van der Waals surface area contributed by atoms with E-state index >= 15 is 0 Å². The molecule has 4 rings (SSSR count). The van der Waals surface area contributed by atoms with Crippen molar-refractivity contribution in [1.82, 2.24) is 15.2 Å². The third-order valence-corrected chi connectivity index (χ3v) is 6.93. The molecule has 1 aromatic heterocycles. The molecule has 1 saturated heterocycles. The molecule has 0 bridgehead atoms. The summed E-state index contributed by atoms with van der Waals surface area (Å²) in [5.41, 5.74) is -0.537. The summed E-state index contributed by atoms with van der Waals surface area (Å²) in [6.45, 7) is 6.48. The highest BCUT2D eigenvalue weighted by molar-refractivity contribution is 5.84. The minimum absolute atomic E-state index is 0.0528. The van der Waals surface area contributed by atoms with E-state index in [2.05, 4.69) is 10.3 Å². The van der Waals surface area contributed by atoms with Crippen molar-refractivity contribution < 1.29 is 23.4 Å². The summed E-state index contributed by atoms with van der Waals surface area (Å²) in [6, 6.07) is 15.6. The SMILES string of the molecule is CC(C)Oc1ccc([C@](O)([C@@H](C)NC(=O)C(F)(F)CCc2ccc3ccccc3c2)N2CCCC2)cn1. The van der Waals surface area contributed by atoms with Crippen molar-refractivity contribution in [3.8, 4) is 5.88 Å². The number of hydrogen-bond donors (Lipinski definition) is 2. The molecule has 0 unspecified atom stereocenters. The third-order valence-electron chi connectivity index (χ3n) is 6.93. The standard InChI is InChI=1S/C29H35F2N3O3/c1-20(2)37-26-13-12-25(19-32-26)29(36,34-16-6-7-17-34)21(3)33-27(35)28(30,31)15-14-22-10-11-23-8-4-5-9-24(23)18-22/h4-5,8-13,18-21,36H,6-7,14-17H2,1-3H3,(H,33,35)/t21-,29-/m1/s1. The zero-order valence-electron chi connectivity index (χ0n) is 21.6. The maximum atomic E-state index is 15.0. The number of aliphatic hydroxyl groups is 1. The molecule has 1 aliphatic heterocycles. The Morgan fingerprint density at radius 2 is 1.78 bits per heavy atom.